The quantitative estimate of drug-likeness (QED) is 0.785. The van der Waals surface area contributed by atoms with Gasteiger partial charge in [-0.25, -0.2) is 17.5 Å². The van der Waals surface area contributed by atoms with Gasteiger partial charge in [0.1, 0.15) is 0 Å². The first-order valence-corrected chi connectivity index (χ1v) is 8.63. The Kier molecular flexibility index (Phi) is 6.06. The Bertz CT molecular complexity index is 387. The van der Waals surface area contributed by atoms with E-state index in [0.29, 0.717) is 38.4 Å². The molecule has 0 aromatic carbocycles. The van der Waals surface area contributed by atoms with Crippen molar-refractivity contribution in [2.45, 2.75) is 39.2 Å². The Labute approximate surface area is 116 Å². The fourth-order valence-electron chi connectivity index (χ4n) is 2.04. The van der Waals surface area contributed by atoms with Crippen LogP contribution in [-0.4, -0.2) is 50.7 Å². The molecule has 1 rings (SSSR count). The van der Waals surface area contributed by atoms with Crippen molar-refractivity contribution >= 4 is 16.1 Å². The van der Waals surface area contributed by atoms with Crippen LogP contribution in [0.15, 0.2) is 0 Å². The van der Waals surface area contributed by atoms with Gasteiger partial charge in [-0.2, -0.15) is 0 Å². The average molecular weight is 291 g/mol. The Morgan fingerprint density at radius 1 is 1.32 bits per heavy atom. The van der Waals surface area contributed by atoms with Gasteiger partial charge in [0.25, 0.3) is 0 Å². The van der Waals surface area contributed by atoms with Crippen molar-refractivity contribution in [1.29, 1.82) is 0 Å². The van der Waals surface area contributed by atoms with E-state index in [1.807, 2.05) is 0 Å². The lowest BCUT2D eigenvalue weighted by atomic mass is 10.1. The molecule has 0 atom stereocenters. The fourth-order valence-corrected chi connectivity index (χ4v) is 2.92. The highest BCUT2D eigenvalue weighted by Crippen LogP contribution is 2.12. The molecule has 0 unspecified atom stereocenters. The van der Waals surface area contributed by atoms with E-state index in [0.717, 1.165) is 6.42 Å². The number of hydrogen-bond donors (Lipinski definition) is 2. The number of carbonyl (C=O) groups excluding carboxylic acids is 1. The van der Waals surface area contributed by atoms with Gasteiger partial charge in [-0.3, -0.25) is 0 Å². The van der Waals surface area contributed by atoms with Crippen LogP contribution in [0, 0.1) is 5.92 Å². The standard InChI is InChI=1S/C12H25N3O3S/c1-10(2)4-7-13-12(16)14-11-5-8-15(9-6-11)19(3,17)18/h10-11H,4-9H2,1-3H3,(H2,13,14,16). The van der Waals surface area contributed by atoms with Crippen LogP contribution in [0.1, 0.15) is 33.1 Å². The number of piperidine rings is 1. The van der Waals surface area contributed by atoms with Crippen molar-refractivity contribution in [3.8, 4) is 0 Å². The molecule has 1 fully saturated rings. The second-order valence-electron chi connectivity index (χ2n) is 5.52. The predicted octanol–water partition coefficient (Wildman–Crippen LogP) is 0.756. The zero-order valence-electron chi connectivity index (χ0n) is 12.0. The second-order valence-corrected chi connectivity index (χ2v) is 7.50. The minimum absolute atomic E-state index is 0.0667. The molecule has 0 aliphatic carbocycles. The van der Waals surface area contributed by atoms with Crippen molar-refractivity contribution in [2.75, 3.05) is 25.9 Å². The summed E-state index contributed by atoms with van der Waals surface area (Å²) in [5.74, 6) is 0.568. The zero-order valence-corrected chi connectivity index (χ0v) is 12.8. The van der Waals surface area contributed by atoms with Gasteiger partial charge >= 0.3 is 6.03 Å². The van der Waals surface area contributed by atoms with Crippen molar-refractivity contribution in [2.24, 2.45) is 5.92 Å². The molecular formula is C12H25N3O3S. The Morgan fingerprint density at radius 3 is 2.37 bits per heavy atom. The van der Waals surface area contributed by atoms with E-state index in [1.165, 1.54) is 10.6 Å². The van der Waals surface area contributed by atoms with Crippen LogP contribution in [0.25, 0.3) is 0 Å². The van der Waals surface area contributed by atoms with Gasteiger partial charge in [-0.15, -0.1) is 0 Å². The second kappa shape index (κ2) is 7.09. The zero-order chi connectivity index (χ0) is 14.5. The van der Waals surface area contributed by atoms with Crippen LogP contribution < -0.4 is 10.6 Å². The molecule has 2 N–H and O–H groups in total. The fraction of sp³-hybridized carbons (Fsp3) is 0.917. The van der Waals surface area contributed by atoms with E-state index >= 15 is 0 Å². The van der Waals surface area contributed by atoms with E-state index in [-0.39, 0.29) is 12.1 Å². The van der Waals surface area contributed by atoms with Gasteiger partial charge in [0.15, 0.2) is 0 Å². The highest BCUT2D eigenvalue weighted by Gasteiger charge is 2.25. The molecule has 0 bridgehead atoms. The molecule has 0 aromatic heterocycles. The SMILES string of the molecule is CC(C)CCNC(=O)NC1CCN(S(C)(=O)=O)CC1. The van der Waals surface area contributed by atoms with Crippen molar-refractivity contribution in [3.05, 3.63) is 0 Å². The van der Waals surface area contributed by atoms with Crippen LogP contribution >= 0.6 is 0 Å². The number of nitrogens with one attached hydrogen (secondary N) is 2. The molecule has 0 spiro atoms. The first kappa shape index (κ1) is 16.2. The summed E-state index contributed by atoms with van der Waals surface area (Å²) in [5, 5.41) is 5.71. The molecule has 112 valence electrons. The van der Waals surface area contributed by atoms with E-state index in [4.69, 9.17) is 0 Å². The number of amides is 2. The average Bonchev–Trinajstić information content (AvgIpc) is 2.27. The lowest BCUT2D eigenvalue weighted by Gasteiger charge is -2.30. The van der Waals surface area contributed by atoms with Crippen LogP contribution in [-0.2, 0) is 10.0 Å². The summed E-state index contributed by atoms with van der Waals surface area (Å²) in [6.45, 7) is 5.86. The minimum Gasteiger partial charge on any atom is -0.338 e. The Morgan fingerprint density at radius 2 is 1.89 bits per heavy atom. The molecule has 1 saturated heterocycles. The molecule has 0 radical (unpaired) electrons. The molecule has 7 heteroatoms. The first-order chi connectivity index (χ1) is 8.79. The van der Waals surface area contributed by atoms with Gasteiger partial charge in [0, 0.05) is 25.7 Å². The number of nitrogens with zero attached hydrogens (tertiary/aromatic N) is 1. The molecule has 6 nitrogen and oxygen atoms in total. The molecule has 1 heterocycles. The van der Waals surface area contributed by atoms with E-state index in [1.54, 1.807) is 0 Å². The number of sulfonamides is 1. The van der Waals surface area contributed by atoms with E-state index in [2.05, 4.69) is 24.5 Å². The summed E-state index contributed by atoms with van der Waals surface area (Å²) in [6.07, 6.45) is 3.52. The molecule has 0 saturated carbocycles. The van der Waals surface area contributed by atoms with Gasteiger partial charge in [0.2, 0.25) is 10.0 Å². The summed E-state index contributed by atoms with van der Waals surface area (Å²) >= 11 is 0. The maximum Gasteiger partial charge on any atom is 0.315 e. The number of rotatable bonds is 5. The molecule has 19 heavy (non-hydrogen) atoms. The summed E-state index contributed by atoms with van der Waals surface area (Å²) in [4.78, 5) is 11.6. The maximum atomic E-state index is 11.6. The Hall–Kier alpha value is -0.820. The van der Waals surface area contributed by atoms with Crippen LogP contribution in [0.2, 0.25) is 0 Å². The van der Waals surface area contributed by atoms with Gasteiger partial charge in [0.05, 0.1) is 6.26 Å². The van der Waals surface area contributed by atoms with E-state index < -0.39 is 10.0 Å². The van der Waals surface area contributed by atoms with E-state index in [9.17, 15) is 13.2 Å². The van der Waals surface area contributed by atoms with Gasteiger partial charge in [-0.1, -0.05) is 13.8 Å². The van der Waals surface area contributed by atoms with Crippen LogP contribution in [0.3, 0.4) is 0 Å². The topological polar surface area (TPSA) is 78.5 Å². The highest BCUT2D eigenvalue weighted by atomic mass is 32.2. The minimum atomic E-state index is -3.10. The van der Waals surface area contributed by atoms with Crippen LogP contribution in [0.4, 0.5) is 4.79 Å². The van der Waals surface area contributed by atoms with Crippen molar-refractivity contribution in [1.82, 2.24) is 14.9 Å². The van der Waals surface area contributed by atoms with Crippen LogP contribution in [0.5, 0.6) is 0 Å². The third-order valence-electron chi connectivity index (χ3n) is 3.27. The third kappa shape index (κ3) is 6.24. The van der Waals surface area contributed by atoms with Crippen molar-refractivity contribution in [3.63, 3.8) is 0 Å². The number of urea groups is 1. The monoisotopic (exact) mass is 291 g/mol. The van der Waals surface area contributed by atoms with Gasteiger partial charge < -0.3 is 10.6 Å². The summed E-state index contributed by atoms with van der Waals surface area (Å²) < 4.78 is 24.2. The summed E-state index contributed by atoms with van der Waals surface area (Å²) in [6, 6.07) is -0.0875. The molecule has 0 aromatic rings. The third-order valence-corrected chi connectivity index (χ3v) is 4.57. The molecule has 1 aliphatic rings. The lowest BCUT2D eigenvalue weighted by molar-refractivity contribution is 0.227. The normalized spacial score (nSPS) is 18.5. The highest BCUT2D eigenvalue weighted by molar-refractivity contribution is 7.88. The number of hydrogen-bond acceptors (Lipinski definition) is 3. The Balaban J connectivity index is 2.24. The number of carbonyl (C=O) groups is 1. The lowest BCUT2D eigenvalue weighted by Crippen LogP contribution is -2.49. The largest absolute Gasteiger partial charge is 0.338 e. The van der Waals surface area contributed by atoms with Crippen molar-refractivity contribution < 1.29 is 13.2 Å². The summed E-state index contributed by atoms with van der Waals surface area (Å²) in [7, 11) is -3.10. The predicted molar refractivity (Wildman–Crippen MR) is 75.4 cm³/mol. The molecule has 1 aliphatic heterocycles. The maximum absolute atomic E-state index is 11.6. The van der Waals surface area contributed by atoms with Gasteiger partial charge in [-0.05, 0) is 25.2 Å². The molecule has 2 amide bonds. The first-order valence-electron chi connectivity index (χ1n) is 6.78. The summed E-state index contributed by atoms with van der Waals surface area (Å²) in [5.41, 5.74) is 0. The molecular weight excluding hydrogens is 266 g/mol. The smallest absolute Gasteiger partial charge is 0.315 e.